The Balaban J connectivity index is 1.99. The molecule has 0 atom stereocenters. The van der Waals surface area contributed by atoms with Gasteiger partial charge < -0.3 is 10.2 Å². The highest BCUT2D eigenvalue weighted by Gasteiger charge is 2.22. The Labute approximate surface area is 101 Å². The van der Waals surface area contributed by atoms with Crippen LogP contribution in [0.3, 0.4) is 0 Å². The van der Waals surface area contributed by atoms with Crippen molar-refractivity contribution < 1.29 is 4.79 Å². The topological polar surface area (TPSA) is 56.1 Å². The number of rotatable bonds is 4. The summed E-state index contributed by atoms with van der Waals surface area (Å²) in [4.78, 5) is 13.4. The van der Waals surface area contributed by atoms with Crippen molar-refractivity contribution >= 4 is 11.6 Å². The van der Waals surface area contributed by atoms with E-state index < -0.39 is 0 Å². The lowest BCUT2D eigenvalue weighted by Crippen LogP contribution is -2.36. The van der Waals surface area contributed by atoms with Crippen molar-refractivity contribution in [1.29, 1.82) is 5.26 Å². The van der Waals surface area contributed by atoms with Gasteiger partial charge in [-0.2, -0.15) is 5.26 Å². The number of benzene rings is 1. The van der Waals surface area contributed by atoms with Crippen molar-refractivity contribution in [2.75, 3.05) is 18.5 Å². The van der Waals surface area contributed by atoms with Gasteiger partial charge in [0.2, 0.25) is 5.91 Å². The minimum atomic E-state index is 0.0204. The summed E-state index contributed by atoms with van der Waals surface area (Å²) >= 11 is 0. The molecule has 1 aliphatic carbocycles. The zero-order valence-electron chi connectivity index (χ0n) is 9.81. The third-order valence-electron chi connectivity index (χ3n) is 2.86. The van der Waals surface area contributed by atoms with E-state index in [1.165, 1.54) is 12.8 Å². The number of hydrogen-bond donors (Lipinski definition) is 1. The molecule has 1 fully saturated rings. The number of carbonyl (C=O) groups is 1. The lowest BCUT2D eigenvalue weighted by atomic mass is 10.2. The Morgan fingerprint density at radius 1 is 1.59 bits per heavy atom. The molecule has 0 bridgehead atoms. The first-order valence-corrected chi connectivity index (χ1v) is 5.71. The minimum absolute atomic E-state index is 0.0204. The highest BCUT2D eigenvalue weighted by molar-refractivity contribution is 5.94. The van der Waals surface area contributed by atoms with Gasteiger partial charge in [0.25, 0.3) is 0 Å². The Morgan fingerprint density at radius 2 is 2.35 bits per heavy atom. The first kappa shape index (κ1) is 11.6. The van der Waals surface area contributed by atoms with Gasteiger partial charge in [-0.25, -0.2) is 0 Å². The number of carbonyl (C=O) groups excluding carboxylic acids is 1. The number of likely N-dealkylation sites (N-methyl/N-ethyl adjacent to an activating group) is 1. The molecule has 0 radical (unpaired) electrons. The van der Waals surface area contributed by atoms with E-state index in [2.05, 4.69) is 11.4 Å². The van der Waals surface area contributed by atoms with Crippen molar-refractivity contribution in [3.8, 4) is 6.07 Å². The van der Waals surface area contributed by atoms with E-state index in [1.807, 2.05) is 6.07 Å². The van der Waals surface area contributed by atoms with Gasteiger partial charge in [0.05, 0.1) is 18.2 Å². The van der Waals surface area contributed by atoms with E-state index in [4.69, 9.17) is 5.26 Å². The quantitative estimate of drug-likeness (QED) is 0.846. The van der Waals surface area contributed by atoms with Gasteiger partial charge in [-0.15, -0.1) is 0 Å². The van der Waals surface area contributed by atoms with Crippen LogP contribution in [0.25, 0.3) is 0 Å². The number of amides is 1. The summed E-state index contributed by atoms with van der Waals surface area (Å²) in [5.74, 6) is 0.0204. The lowest BCUT2D eigenvalue weighted by Gasteiger charge is -2.17. The van der Waals surface area contributed by atoms with Crippen LogP contribution in [0.15, 0.2) is 24.3 Å². The summed E-state index contributed by atoms with van der Waals surface area (Å²) in [6, 6.07) is 9.65. The molecule has 0 heterocycles. The van der Waals surface area contributed by atoms with Gasteiger partial charge in [-0.3, -0.25) is 4.79 Å². The SMILES string of the molecule is CN(C(=O)CNC1CC1)c1cccc(C#N)c1. The summed E-state index contributed by atoms with van der Waals surface area (Å²) in [5, 5.41) is 12.0. The van der Waals surface area contributed by atoms with E-state index in [1.54, 1.807) is 30.1 Å². The molecule has 2 rings (SSSR count). The molecule has 1 saturated carbocycles. The maximum absolute atomic E-state index is 11.9. The second kappa shape index (κ2) is 4.98. The molecule has 1 N–H and O–H groups in total. The molecule has 0 aliphatic heterocycles. The summed E-state index contributed by atoms with van der Waals surface area (Å²) in [5.41, 5.74) is 1.32. The third kappa shape index (κ3) is 3.05. The Bertz CT molecular complexity index is 460. The van der Waals surface area contributed by atoms with Crippen LogP contribution in [-0.4, -0.2) is 25.5 Å². The van der Waals surface area contributed by atoms with Gasteiger partial charge in [-0.1, -0.05) is 6.07 Å². The van der Waals surface area contributed by atoms with Crippen LogP contribution in [0.1, 0.15) is 18.4 Å². The second-order valence-corrected chi connectivity index (χ2v) is 4.27. The predicted octanol–water partition coefficient (Wildman–Crippen LogP) is 1.27. The molecule has 1 aromatic carbocycles. The van der Waals surface area contributed by atoms with Crippen LogP contribution in [0.2, 0.25) is 0 Å². The van der Waals surface area contributed by atoms with Crippen LogP contribution < -0.4 is 10.2 Å². The fourth-order valence-electron chi connectivity index (χ4n) is 1.57. The van der Waals surface area contributed by atoms with E-state index in [0.29, 0.717) is 18.2 Å². The zero-order valence-corrected chi connectivity index (χ0v) is 9.81. The smallest absolute Gasteiger partial charge is 0.240 e. The fraction of sp³-hybridized carbons (Fsp3) is 0.385. The van der Waals surface area contributed by atoms with Gasteiger partial charge in [0, 0.05) is 18.8 Å². The first-order chi connectivity index (χ1) is 8.20. The number of nitrogens with zero attached hydrogens (tertiary/aromatic N) is 2. The second-order valence-electron chi connectivity index (χ2n) is 4.27. The molecular weight excluding hydrogens is 214 g/mol. The van der Waals surface area contributed by atoms with Crippen LogP contribution in [-0.2, 0) is 4.79 Å². The Morgan fingerprint density at radius 3 is 3.00 bits per heavy atom. The lowest BCUT2D eigenvalue weighted by molar-refractivity contribution is -0.117. The monoisotopic (exact) mass is 229 g/mol. The Kier molecular flexibility index (Phi) is 3.40. The van der Waals surface area contributed by atoms with E-state index in [0.717, 1.165) is 5.69 Å². The summed E-state index contributed by atoms with van der Waals surface area (Å²) in [6.45, 7) is 0.359. The highest BCUT2D eigenvalue weighted by atomic mass is 16.2. The van der Waals surface area contributed by atoms with Crippen molar-refractivity contribution in [3.05, 3.63) is 29.8 Å². The number of hydrogen-bond acceptors (Lipinski definition) is 3. The van der Waals surface area contributed by atoms with Gasteiger partial charge >= 0.3 is 0 Å². The fourth-order valence-corrected chi connectivity index (χ4v) is 1.57. The van der Waals surface area contributed by atoms with Gasteiger partial charge in [-0.05, 0) is 31.0 Å². The molecular formula is C13H15N3O. The largest absolute Gasteiger partial charge is 0.314 e. The van der Waals surface area contributed by atoms with Crippen LogP contribution in [0.5, 0.6) is 0 Å². The highest BCUT2D eigenvalue weighted by Crippen LogP contribution is 2.19. The normalized spacial score (nSPS) is 14.1. The number of nitrogens with one attached hydrogen (secondary N) is 1. The van der Waals surface area contributed by atoms with Crippen LogP contribution >= 0.6 is 0 Å². The van der Waals surface area contributed by atoms with Crippen LogP contribution in [0, 0.1) is 11.3 Å². The van der Waals surface area contributed by atoms with Gasteiger partial charge in [0.15, 0.2) is 0 Å². The maximum Gasteiger partial charge on any atom is 0.240 e. The molecule has 0 aromatic heterocycles. The van der Waals surface area contributed by atoms with E-state index in [-0.39, 0.29) is 5.91 Å². The maximum atomic E-state index is 11.9. The molecule has 0 saturated heterocycles. The van der Waals surface area contributed by atoms with Crippen molar-refractivity contribution in [1.82, 2.24) is 5.32 Å². The minimum Gasteiger partial charge on any atom is -0.314 e. The molecule has 4 heteroatoms. The molecule has 1 amide bonds. The van der Waals surface area contributed by atoms with Crippen LogP contribution in [0.4, 0.5) is 5.69 Å². The first-order valence-electron chi connectivity index (χ1n) is 5.71. The van der Waals surface area contributed by atoms with E-state index in [9.17, 15) is 4.79 Å². The van der Waals surface area contributed by atoms with E-state index >= 15 is 0 Å². The molecule has 1 aliphatic rings. The number of anilines is 1. The molecule has 0 unspecified atom stereocenters. The van der Waals surface area contributed by atoms with Crippen molar-refractivity contribution in [2.24, 2.45) is 0 Å². The average molecular weight is 229 g/mol. The predicted molar refractivity (Wildman–Crippen MR) is 65.6 cm³/mol. The Hall–Kier alpha value is -1.86. The summed E-state index contributed by atoms with van der Waals surface area (Å²) in [6.07, 6.45) is 2.34. The molecule has 0 spiro atoms. The van der Waals surface area contributed by atoms with Crippen molar-refractivity contribution in [3.63, 3.8) is 0 Å². The molecule has 88 valence electrons. The molecule has 1 aromatic rings. The van der Waals surface area contributed by atoms with Gasteiger partial charge in [0.1, 0.15) is 0 Å². The standard InChI is InChI=1S/C13H15N3O/c1-16(13(17)9-15-11-5-6-11)12-4-2-3-10(7-12)8-14/h2-4,7,11,15H,5-6,9H2,1H3. The zero-order chi connectivity index (χ0) is 12.3. The number of nitriles is 1. The third-order valence-corrected chi connectivity index (χ3v) is 2.86. The summed E-state index contributed by atoms with van der Waals surface area (Å²) in [7, 11) is 1.73. The summed E-state index contributed by atoms with van der Waals surface area (Å²) < 4.78 is 0. The molecule has 17 heavy (non-hydrogen) atoms. The average Bonchev–Trinajstić information content (AvgIpc) is 3.19. The van der Waals surface area contributed by atoms with Crippen molar-refractivity contribution in [2.45, 2.75) is 18.9 Å². The molecule has 4 nitrogen and oxygen atoms in total.